The lowest BCUT2D eigenvalue weighted by Crippen LogP contribution is -2.11. The van der Waals surface area contributed by atoms with E-state index in [-0.39, 0.29) is 97.5 Å². The normalized spacial score (nSPS) is 13.4. The van der Waals surface area contributed by atoms with Crippen molar-refractivity contribution >= 4 is 43.6 Å². The number of halogens is 30. The number of hydrogen-bond donors (Lipinski definition) is 0. The molecule has 3 nitrogen and oxygen atoms in total. The van der Waals surface area contributed by atoms with Gasteiger partial charge in [-0.05, 0) is 225 Å². The van der Waals surface area contributed by atoms with Gasteiger partial charge in [-0.1, -0.05) is 30.3 Å². The van der Waals surface area contributed by atoms with Crippen molar-refractivity contribution in [1.29, 1.82) is 5.26 Å². The highest BCUT2D eigenvalue weighted by Crippen LogP contribution is 2.50. The topological polar surface area (TPSA) is 33.6 Å². The largest absolute Gasteiger partial charge is 0.416 e. The van der Waals surface area contributed by atoms with E-state index >= 15 is 0 Å². The van der Waals surface area contributed by atoms with Gasteiger partial charge in [0, 0.05) is 38.4 Å². The predicted octanol–water partition coefficient (Wildman–Crippen LogP) is 27.9. The van der Waals surface area contributed by atoms with Crippen molar-refractivity contribution in [2.24, 2.45) is 0 Å². The Kier molecular flexibility index (Phi) is 18.0. The second kappa shape index (κ2) is 25.8. The van der Waals surface area contributed by atoms with E-state index < -0.39 is 190 Å². The zero-order valence-electron chi connectivity index (χ0n) is 53.7. The molecule has 0 unspecified atom stereocenters. The van der Waals surface area contributed by atoms with Gasteiger partial charge in [0.2, 0.25) is 0 Å². The molecule has 566 valence electrons. The highest BCUT2D eigenvalue weighted by atomic mass is 19.4. The van der Waals surface area contributed by atoms with Crippen LogP contribution in [0.15, 0.2) is 200 Å². The third kappa shape index (κ3) is 14.7. The first-order chi connectivity index (χ1) is 50.7. The third-order valence-corrected chi connectivity index (χ3v) is 18.0. The van der Waals surface area contributed by atoms with E-state index in [9.17, 15) is 137 Å². The van der Waals surface area contributed by atoms with E-state index in [1.54, 1.807) is 0 Å². The fourth-order valence-corrected chi connectivity index (χ4v) is 13.0. The molecule has 0 aliphatic carbocycles. The van der Waals surface area contributed by atoms with Crippen molar-refractivity contribution < 1.29 is 132 Å². The minimum atomic E-state index is -5.52. The summed E-state index contributed by atoms with van der Waals surface area (Å²) in [7, 11) is 0. The predicted molar refractivity (Wildman–Crippen MR) is 342 cm³/mol. The quantitative estimate of drug-likeness (QED) is 0.140. The highest BCUT2D eigenvalue weighted by Gasteiger charge is 2.43. The molecule has 0 radical (unpaired) electrons. The molecule has 33 heteroatoms. The van der Waals surface area contributed by atoms with Crippen LogP contribution in [0.1, 0.15) is 61.2 Å². The maximum absolute atomic E-state index is 14.7. The van der Waals surface area contributed by atoms with E-state index in [0.717, 1.165) is 114 Å². The number of alkyl halides is 30. The minimum Gasteiger partial charge on any atom is -0.309 e. The Morgan fingerprint density at radius 2 is 0.418 bits per heavy atom. The van der Waals surface area contributed by atoms with Gasteiger partial charge in [-0.3, -0.25) is 0 Å². The molecule has 0 aliphatic rings. The van der Waals surface area contributed by atoms with Gasteiger partial charge in [0.25, 0.3) is 0 Å². The van der Waals surface area contributed by atoms with Gasteiger partial charge in [0.1, 0.15) is 0 Å². The van der Waals surface area contributed by atoms with Gasteiger partial charge in [-0.15, -0.1) is 0 Å². The Morgan fingerprint density at radius 1 is 0.200 bits per heavy atom. The lowest BCUT2D eigenvalue weighted by atomic mass is 9.92. The fraction of sp³-hybridized carbons (Fsp3) is 0.130. The zero-order chi connectivity index (χ0) is 80.2. The van der Waals surface area contributed by atoms with Gasteiger partial charge >= 0.3 is 61.8 Å². The van der Waals surface area contributed by atoms with Crippen LogP contribution >= 0.6 is 0 Å². The van der Waals surface area contributed by atoms with Gasteiger partial charge < -0.3 is 9.13 Å². The first-order valence-corrected chi connectivity index (χ1v) is 31.1. The lowest BCUT2D eigenvalue weighted by molar-refractivity contribution is -0.144. The Morgan fingerprint density at radius 3 is 0.645 bits per heavy atom. The van der Waals surface area contributed by atoms with Crippen LogP contribution in [0.4, 0.5) is 132 Å². The molecular formula is C77H33F30N3. The Hall–Kier alpha value is -11.6. The number of nitriles is 1. The maximum atomic E-state index is 14.7. The fourth-order valence-electron chi connectivity index (χ4n) is 13.0. The highest BCUT2D eigenvalue weighted by molar-refractivity contribution is 6.14. The second-order valence-electron chi connectivity index (χ2n) is 25.1. The number of benzene rings is 11. The zero-order valence-corrected chi connectivity index (χ0v) is 53.7. The molecule has 0 bridgehead atoms. The molecule has 0 fully saturated rings. The van der Waals surface area contributed by atoms with Crippen LogP contribution in [0.25, 0.3) is 122 Å². The van der Waals surface area contributed by atoms with Crippen LogP contribution < -0.4 is 0 Å². The monoisotopic (exact) mass is 1570 g/mol. The summed E-state index contributed by atoms with van der Waals surface area (Å²) in [5.41, 5.74) is -27.6. The van der Waals surface area contributed by atoms with Crippen LogP contribution in [0.2, 0.25) is 0 Å². The van der Waals surface area contributed by atoms with Crippen LogP contribution in [-0.2, 0) is 61.8 Å². The Balaban J connectivity index is 1.13. The molecule has 110 heavy (non-hydrogen) atoms. The third-order valence-electron chi connectivity index (χ3n) is 18.0. The number of rotatable bonds is 8. The van der Waals surface area contributed by atoms with Crippen LogP contribution in [0.5, 0.6) is 0 Å². The average molecular weight is 1570 g/mol. The SMILES string of the molecule is N#Cc1ccc(-n2c3ccc(-c4cc(C(F)(F)F)cc(C(F)(F)F)c4)cc3c3cc(-c4cc(C(F)(F)F)cc(C(F)(F)F)c4)ccc32)cc1-c1cc(-c2cc(C(F)(F)F)cc(C(F)(F)F)c2)ccc1-n1c2ccc(-c3cc(C(F)(F)F)cc(C(F)(F)F)c3)cc2c2cc(-c3cc(C(F)(F)F)cc(C(F)(F)F)c3)ccc21. The number of fused-ring (bicyclic) bond motifs is 6. The first kappa shape index (κ1) is 76.6. The van der Waals surface area contributed by atoms with Crippen LogP contribution in [0.3, 0.4) is 0 Å². The van der Waals surface area contributed by atoms with E-state index in [4.69, 9.17) is 0 Å². The Bertz CT molecular complexity index is 5520. The first-order valence-electron chi connectivity index (χ1n) is 31.1. The van der Waals surface area contributed by atoms with Crippen molar-refractivity contribution in [3.8, 4) is 84.2 Å². The number of nitrogens with zero attached hydrogens (tertiary/aromatic N) is 3. The van der Waals surface area contributed by atoms with Crippen molar-refractivity contribution in [2.45, 2.75) is 61.8 Å². The number of hydrogen-bond acceptors (Lipinski definition) is 1. The Labute approximate surface area is 595 Å². The standard InChI is InChI=1S/C77H33F30N3/c78-68(79,80)46-13-41(14-47(28-46)69(81,82)83)35-4-10-65(110-66-11-5-38(44-19-52(74(96,97)98)31-53(20-44)75(99,100)101)26-61(66)62-27-39(6-12-67(62)110)45-21-54(76(102,103)104)32-55(22-45)77(105,106)107)58(23-35)57-33-56(7-1-40(57)34-108)109-63-8-2-36(42-15-48(70(84,85)86)29-49(16-42)71(87,88)89)24-59(63)60-25-37(3-9-64(60)109)43-17-50(72(90,91)92)30-51(18-43)73(93,94)95/h1-33H. The van der Waals surface area contributed by atoms with E-state index in [1.807, 2.05) is 6.07 Å². The minimum absolute atomic E-state index is 0.169. The van der Waals surface area contributed by atoms with E-state index in [2.05, 4.69) is 0 Å². The second-order valence-corrected chi connectivity index (χ2v) is 25.1. The maximum Gasteiger partial charge on any atom is 0.416 e. The van der Waals surface area contributed by atoms with E-state index in [0.29, 0.717) is 48.5 Å². The molecule has 2 heterocycles. The molecule has 2 aromatic heterocycles. The average Bonchev–Trinajstić information content (AvgIpc) is 1.57. The molecule has 11 aromatic carbocycles. The van der Waals surface area contributed by atoms with Gasteiger partial charge in [-0.2, -0.15) is 137 Å². The van der Waals surface area contributed by atoms with Gasteiger partial charge in [0.15, 0.2) is 0 Å². The van der Waals surface area contributed by atoms with E-state index in [1.165, 1.54) is 4.57 Å². The summed E-state index contributed by atoms with van der Waals surface area (Å²) in [5.74, 6) is 0. The molecule has 0 aliphatic heterocycles. The summed E-state index contributed by atoms with van der Waals surface area (Å²) in [6.07, 6.45) is -54.6. The summed E-state index contributed by atoms with van der Waals surface area (Å²) in [5, 5.41) is 9.98. The van der Waals surface area contributed by atoms with Crippen LogP contribution in [0, 0.1) is 11.3 Å². The molecule has 0 saturated heterocycles. The molecular weight excluding hydrogens is 1540 g/mol. The summed E-state index contributed by atoms with van der Waals surface area (Å²) in [6, 6.07) is 22.1. The van der Waals surface area contributed by atoms with Gasteiger partial charge in [-0.25, -0.2) is 0 Å². The summed E-state index contributed by atoms with van der Waals surface area (Å²) < 4.78 is 436. The molecule has 0 N–H and O–H groups in total. The van der Waals surface area contributed by atoms with Crippen molar-refractivity contribution in [3.63, 3.8) is 0 Å². The summed E-state index contributed by atoms with van der Waals surface area (Å²) >= 11 is 0. The van der Waals surface area contributed by atoms with Crippen molar-refractivity contribution in [1.82, 2.24) is 9.13 Å². The molecule has 0 amide bonds. The van der Waals surface area contributed by atoms with Crippen LogP contribution in [-0.4, -0.2) is 9.13 Å². The smallest absolute Gasteiger partial charge is 0.309 e. The number of aromatic nitrogens is 2. The molecule has 0 saturated carbocycles. The summed E-state index contributed by atoms with van der Waals surface area (Å²) in [4.78, 5) is 0. The molecule has 0 spiro atoms. The van der Waals surface area contributed by atoms with Gasteiger partial charge in [0.05, 0.1) is 95.0 Å². The lowest BCUT2D eigenvalue weighted by Gasteiger charge is -2.19. The summed E-state index contributed by atoms with van der Waals surface area (Å²) in [6.45, 7) is 0. The molecule has 0 atom stereocenters. The van der Waals surface area contributed by atoms with Crippen molar-refractivity contribution in [2.75, 3.05) is 0 Å². The molecule has 13 rings (SSSR count). The van der Waals surface area contributed by atoms with Crippen molar-refractivity contribution in [3.05, 3.63) is 261 Å². The molecule has 13 aromatic rings.